The Kier molecular flexibility index (Phi) is 6.34. The summed E-state index contributed by atoms with van der Waals surface area (Å²) in [4.78, 5) is 29.2. The number of rotatable bonds is 6. The summed E-state index contributed by atoms with van der Waals surface area (Å²) in [7, 11) is 0. The third-order valence-electron chi connectivity index (χ3n) is 4.91. The number of aromatic amines is 1. The van der Waals surface area contributed by atoms with E-state index < -0.39 is 0 Å². The van der Waals surface area contributed by atoms with Crippen molar-refractivity contribution in [2.24, 2.45) is 5.92 Å². The first kappa shape index (κ1) is 18.5. The second-order valence-electron chi connectivity index (χ2n) is 6.78. The van der Waals surface area contributed by atoms with E-state index in [1.165, 1.54) is 0 Å². The van der Waals surface area contributed by atoms with Gasteiger partial charge in [0.15, 0.2) is 0 Å². The minimum Gasteiger partial charge on any atom is -0.367 e. The fourth-order valence-electron chi connectivity index (χ4n) is 3.34. The molecule has 0 aliphatic carbocycles. The standard InChI is InChI=1S/C20H24ClN3O2/c21-18-3-1-2-16(12-18)13-23-19(25)5-4-15-7-10-24(11-8-15)20(26)17-6-9-22-14-17/h1-3,6,9,12,14-15,22H,4-5,7-8,10-11,13H2,(H,23,25). The van der Waals surface area contributed by atoms with E-state index in [9.17, 15) is 9.59 Å². The van der Waals surface area contributed by atoms with Gasteiger partial charge in [0.2, 0.25) is 5.91 Å². The van der Waals surface area contributed by atoms with Crippen molar-refractivity contribution >= 4 is 23.4 Å². The van der Waals surface area contributed by atoms with Crippen molar-refractivity contribution in [1.29, 1.82) is 0 Å². The number of halogens is 1. The number of nitrogens with zero attached hydrogens (tertiary/aromatic N) is 1. The van der Waals surface area contributed by atoms with Crippen molar-refractivity contribution in [3.8, 4) is 0 Å². The van der Waals surface area contributed by atoms with E-state index in [0.29, 0.717) is 29.5 Å². The van der Waals surface area contributed by atoms with Gasteiger partial charge in [0.05, 0.1) is 5.56 Å². The molecule has 5 nitrogen and oxygen atoms in total. The van der Waals surface area contributed by atoms with Gasteiger partial charge in [-0.2, -0.15) is 0 Å². The van der Waals surface area contributed by atoms with Crippen LogP contribution in [0.15, 0.2) is 42.7 Å². The van der Waals surface area contributed by atoms with E-state index in [4.69, 9.17) is 11.6 Å². The highest BCUT2D eigenvalue weighted by molar-refractivity contribution is 6.30. The second kappa shape index (κ2) is 8.90. The molecule has 0 bridgehead atoms. The van der Waals surface area contributed by atoms with Crippen LogP contribution in [-0.2, 0) is 11.3 Å². The number of hydrogen-bond donors (Lipinski definition) is 2. The predicted octanol–water partition coefficient (Wildman–Crippen LogP) is 3.62. The van der Waals surface area contributed by atoms with Crippen LogP contribution < -0.4 is 5.32 Å². The van der Waals surface area contributed by atoms with Gasteiger partial charge in [-0.1, -0.05) is 23.7 Å². The smallest absolute Gasteiger partial charge is 0.255 e. The lowest BCUT2D eigenvalue weighted by atomic mass is 9.92. The molecule has 1 fully saturated rings. The van der Waals surface area contributed by atoms with Crippen molar-refractivity contribution in [3.63, 3.8) is 0 Å². The van der Waals surface area contributed by atoms with Gasteiger partial charge in [-0.15, -0.1) is 0 Å². The number of H-pyrrole nitrogens is 1. The highest BCUT2D eigenvalue weighted by Gasteiger charge is 2.24. The Balaban J connectivity index is 1.35. The van der Waals surface area contributed by atoms with Gasteiger partial charge in [-0.3, -0.25) is 9.59 Å². The molecule has 0 radical (unpaired) electrons. The predicted molar refractivity (Wildman–Crippen MR) is 102 cm³/mol. The molecule has 0 unspecified atom stereocenters. The fourth-order valence-corrected chi connectivity index (χ4v) is 3.55. The summed E-state index contributed by atoms with van der Waals surface area (Å²) >= 11 is 5.95. The molecule has 2 heterocycles. The number of carbonyl (C=O) groups excluding carboxylic acids is 2. The molecule has 1 aliphatic rings. The number of benzene rings is 1. The largest absolute Gasteiger partial charge is 0.367 e. The molecule has 1 saturated heterocycles. The molecule has 26 heavy (non-hydrogen) atoms. The molecule has 1 aliphatic heterocycles. The number of piperidine rings is 1. The monoisotopic (exact) mass is 373 g/mol. The lowest BCUT2D eigenvalue weighted by molar-refractivity contribution is -0.121. The summed E-state index contributed by atoms with van der Waals surface area (Å²) in [5.41, 5.74) is 1.71. The van der Waals surface area contributed by atoms with E-state index >= 15 is 0 Å². The highest BCUT2D eigenvalue weighted by atomic mass is 35.5. The zero-order chi connectivity index (χ0) is 18.4. The quantitative estimate of drug-likeness (QED) is 0.812. The molecule has 0 spiro atoms. The maximum Gasteiger partial charge on any atom is 0.255 e. The maximum absolute atomic E-state index is 12.3. The van der Waals surface area contributed by atoms with Crippen molar-refractivity contribution in [1.82, 2.24) is 15.2 Å². The van der Waals surface area contributed by atoms with E-state index in [-0.39, 0.29) is 11.8 Å². The average molecular weight is 374 g/mol. The Hall–Kier alpha value is -2.27. The summed E-state index contributed by atoms with van der Waals surface area (Å²) in [6.45, 7) is 2.03. The topological polar surface area (TPSA) is 65.2 Å². The number of hydrogen-bond acceptors (Lipinski definition) is 2. The Labute approximate surface area is 158 Å². The van der Waals surface area contributed by atoms with E-state index in [1.54, 1.807) is 18.5 Å². The number of likely N-dealkylation sites (tertiary alicyclic amines) is 1. The van der Waals surface area contributed by atoms with Gasteiger partial charge in [0.1, 0.15) is 0 Å². The first-order chi connectivity index (χ1) is 12.6. The number of aromatic nitrogens is 1. The molecule has 0 atom stereocenters. The SMILES string of the molecule is O=C(CCC1CCN(C(=O)c2cc[nH]c2)CC1)NCc1cccc(Cl)c1. The van der Waals surface area contributed by atoms with E-state index in [1.807, 2.05) is 29.2 Å². The molecular formula is C20H24ClN3O2. The molecule has 1 aromatic carbocycles. The van der Waals surface area contributed by atoms with Crippen molar-refractivity contribution < 1.29 is 9.59 Å². The number of carbonyl (C=O) groups is 2. The molecule has 6 heteroatoms. The summed E-state index contributed by atoms with van der Waals surface area (Å²) in [6, 6.07) is 9.31. The Morgan fingerprint density at radius 1 is 1.23 bits per heavy atom. The van der Waals surface area contributed by atoms with Crippen LogP contribution in [0, 0.1) is 5.92 Å². The Morgan fingerprint density at radius 3 is 2.73 bits per heavy atom. The van der Waals surface area contributed by atoms with Crippen LogP contribution in [-0.4, -0.2) is 34.8 Å². The minimum absolute atomic E-state index is 0.0656. The molecule has 2 amide bonds. The van der Waals surface area contributed by atoms with Gasteiger partial charge >= 0.3 is 0 Å². The minimum atomic E-state index is 0.0656. The summed E-state index contributed by atoms with van der Waals surface area (Å²) < 4.78 is 0. The lowest BCUT2D eigenvalue weighted by Crippen LogP contribution is -2.38. The zero-order valence-electron chi connectivity index (χ0n) is 14.7. The normalized spacial score (nSPS) is 15.0. The van der Waals surface area contributed by atoms with Crippen LogP contribution >= 0.6 is 11.6 Å². The van der Waals surface area contributed by atoms with Gasteiger partial charge in [0, 0.05) is 43.5 Å². The summed E-state index contributed by atoms with van der Waals surface area (Å²) in [5, 5.41) is 3.62. The fraction of sp³-hybridized carbons (Fsp3) is 0.400. The molecule has 138 valence electrons. The molecule has 2 N–H and O–H groups in total. The number of amides is 2. The van der Waals surface area contributed by atoms with Crippen molar-refractivity contribution in [3.05, 3.63) is 58.9 Å². The van der Waals surface area contributed by atoms with Crippen molar-refractivity contribution in [2.75, 3.05) is 13.1 Å². The lowest BCUT2D eigenvalue weighted by Gasteiger charge is -2.31. The maximum atomic E-state index is 12.3. The Morgan fingerprint density at radius 2 is 2.04 bits per heavy atom. The first-order valence-electron chi connectivity index (χ1n) is 9.05. The van der Waals surface area contributed by atoms with Crippen LogP contribution in [0.3, 0.4) is 0 Å². The Bertz CT molecular complexity index is 737. The highest BCUT2D eigenvalue weighted by Crippen LogP contribution is 2.23. The molecule has 3 rings (SSSR count). The van der Waals surface area contributed by atoms with Gasteiger partial charge < -0.3 is 15.2 Å². The zero-order valence-corrected chi connectivity index (χ0v) is 15.5. The van der Waals surface area contributed by atoms with Gasteiger partial charge in [-0.25, -0.2) is 0 Å². The molecule has 0 saturated carbocycles. The second-order valence-corrected chi connectivity index (χ2v) is 7.22. The average Bonchev–Trinajstić information content (AvgIpc) is 3.19. The number of nitrogens with one attached hydrogen (secondary N) is 2. The van der Waals surface area contributed by atoms with E-state index in [0.717, 1.165) is 37.9 Å². The van der Waals surface area contributed by atoms with Crippen molar-refractivity contribution in [2.45, 2.75) is 32.2 Å². The first-order valence-corrected chi connectivity index (χ1v) is 9.43. The van der Waals surface area contributed by atoms with Gasteiger partial charge in [-0.05, 0) is 48.9 Å². The van der Waals surface area contributed by atoms with Crippen LogP contribution in [0.2, 0.25) is 5.02 Å². The van der Waals surface area contributed by atoms with Crippen LogP contribution in [0.5, 0.6) is 0 Å². The van der Waals surface area contributed by atoms with E-state index in [2.05, 4.69) is 10.3 Å². The molecule has 1 aromatic heterocycles. The third kappa shape index (κ3) is 5.11. The van der Waals surface area contributed by atoms with Crippen LogP contribution in [0.25, 0.3) is 0 Å². The van der Waals surface area contributed by atoms with Gasteiger partial charge in [0.25, 0.3) is 5.91 Å². The van der Waals surface area contributed by atoms with Crippen LogP contribution in [0.4, 0.5) is 0 Å². The third-order valence-corrected chi connectivity index (χ3v) is 5.14. The summed E-state index contributed by atoms with van der Waals surface area (Å²) in [6.07, 6.45) is 6.81. The molecule has 2 aromatic rings. The van der Waals surface area contributed by atoms with Crippen LogP contribution in [0.1, 0.15) is 41.6 Å². The summed E-state index contributed by atoms with van der Waals surface area (Å²) in [5.74, 6) is 0.655. The molecular weight excluding hydrogens is 350 g/mol.